The maximum atomic E-state index is 13.6. The molecule has 0 spiro atoms. The van der Waals surface area contributed by atoms with Gasteiger partial charge in [-0.3, -0.25) is 0 Å². The summed E-state index contributed by atoms with van der Waals surface area (Å²) in [6, 6.07) is -0.386. The lowest BCUT2D eigenvalue weighted by Gasteiger charge is -2.33. The first-order chi connectivity index (χ1) is 15.7. The second-order valence-electron chi connectivity index (χ2n) is 9.42. The van der Waals surface area contributed by atoms with E-state index >= 15 is 0 Å². The molecular weight excluding hydrogens is 473 g/mol. The molecule has 2 aromatic rings. The third-order valence-electron chi connectivity index (χ3n) is 5.69. The molecule has 1 aliphatic heterocycles. The van der Waals surface area contributed by atoms with E-state index in [0.29, 0.717) is 31.0 Å². The van der Waals surface area contributed by atoms with Crippen LogP contribution in [0.4, 0.5) is 19.1 Å². The standard InChI is InChI=1S/C21H27F3N6O3S/c1-13-9-30(34(32,33)14-4-5-14)7-6-16(13)27-19-25-8-15(21(22,23)24)18(28-19)17-10-29(12-26-17)11-20(2,3)31/h8,10,12,14,16,31H,1,4-7,9,11H2,2-3H3,(H,25,27,28)/t16-/m0/s1. The van der Waals surface area contributed by atoms with E-state index in [1.807, 2.05) is 0 Å². The molecule has 34 heavy (non-hydrogen) atoms. The molecule has 2 N–H and O–H groups in total. The molecule has 2 aromatic heterocycles. The molecule has 9 nitrogen and oxygen atoms in total. The van der Waals surface area contributed by atoms with E-state index < -0.39 is 27.4 Å². The van der Waals surface area contributed by atoms with Gasteiger partial charge in [0.05, 0.1) is 29.8 Å². The first kappa shape index (κ1) is 24.6. The average Bonchev–Trinajstić information content (AvgIpc) is 3.48. The van der Waals surface area contributed by atoms with Crippen LogP contribution in [0.1, 0.15) is 38.7 Å². The number of nitrogens with one attached hydrogen (secondary N) is 1. The molecular formula is C21H27F3N6O3S. The summed E-state index contributed by atoms with van der Waals surface area (Å²) in [5, 5.41) is 12.7. The summed E-state index contributed by atoms with van der Waals surface area (Å²) in [6.45, 7) is 7.69. The van der Waals surface area contributed by atoms with Crippen molar-refractivity contribution in [3.63, 3.8) is 0 Å². The van der Waals surface area contributed by atoms with E-state index in [2.05, 4.69) is 26.8 Å². The van der Waals surface area contributed by atoms with Gasteiger partial charge in [0.15, 0.2) is 0 Å². The van der Waals surface area contributed by atoms with Crippen LogP contribution in [0.3, 0.4) is 0 Å². The Labute approximate surface area is 195 Å². The Bertz CT molecular complexity index is 1190. The van der Waals surface area contributed by atoms with Crippen molar-refractivity contribution in [1.29, 1.82) is 0 Å². The van der Waals surface area contributed by atoms with Crippen LogP contribution in [-0.4, -0.2) is 67.3 Å². The predicted octanol–water partition coefficient (Wildman–Crippen LogP) is 2.66. The Morgan fingerprint density at radius 3 is 2.53 bits per heavy atom. The zero-order valence-corrected chi connectivity index (χ0v) is 19.7. The highest BCUT2D eigenvalue weighted by Gasteiger charge is 2.42. The van der Waals surface area contributed by atoms with Crippen molar-refractivity contribution in [3.05, 3.63) is 36.4 Å². The van der Waals surface area contributed by atoms with Crippen LogP contribution in [0.2, 0.25) is 0 Å². The Kier molecular flexibility index (Phi) is 6.23. The minimum Gasteiger partial charge on any atom is -0.389 e. The van der Waals surface area contributed by atoms with Gasteiger partial charge in [-0.1, -0.05) is 6.58 Å². The van der Waals surface area contributed by atoms with Gasteiger partial charge in [0, 0.05) is 25.5 Å². The summed E-state index contributed by atoms with van der Waals surface area (Å²) in [5.74, 6) is -0.0373. The average molecular weight is 501 g/mol. The van der Waals surface area contributed by atoms with Crippen LogP contribution in [0, 0.1) is 0 Å². The zero-order valence-electron chi connectivity index (χ0n) is 18.9. The van der Waals surface area contributed by atoms with Gasteiger partial charge in [0.2, 0.25) is 16.0 Å². The second-order valence-corrected chi connectivity index (χ2v) is 11.6. The Morgan fingerprint density at radius 1 is 1.24 bits per heavy atom. The third kappa shape index (κ3) is 5.41. The van der Waals surface area contributed by atoms with E-state index in [9.17, 15) is 26.7 Å². The lowest BCUT2D eigenvalue weighted by molar-refractivity contribution is -0.137. The van der Waals surface area contributed by atoms with Crippen molar-refractivity contribution in [3.8, 4) is 11.4 Å². The van der Waals surface area contributed by atoms with Gasteiger partial charge < -0.3 is 15.0 Å². The summed E-state index contributed by atoms with van der Waals surface area (Å²) in [4.78, 5) is 12.0. The topological polar surface area (TPSA) is 113 Å². The fraction of sp³-hybridized carbons (Fsp3) is 0.571. The SMILES string of the molecule is C=C1CN(S(=O)(=O)C2CC2)CC[C@@H]1Nc1ncc(C(F)(F)F)c(-c2cn(CC(C)(C)O)cn2)n1. The van der Waals surface area contributed by atoms with Crippen LogP contribution in [0.15, 0.2) is 30.9 Å². The number of rotatable bonds is 7. The minimum atomic E-state index is -4.69. The molecule has 1 saturated heterocycles. The van der Waals surface area contributed by atoms with Crippen LogP contribution >= 0.6 is 0 Å². The number of halogens is 3. The Hall–Kier alpha value is -2.51. The predicted molar refractivity (Wildman–Crippen MR) is 119 cm³/mol. The monoisotopic (exact) mass is 500 g/mol. The smallest absolute Gasteiger partial charge is 0.389 e. The molecule has 1 saturated carbocycles. The molecule has 0 aromatic carbocycles. The number of hydrogen-bond acceptors (Lipinski definition) is 7. The van der Waals surface area contributed by atoms with Gasteiger partial charge in [-0.05, 0) is 38.7 Å². The molecule has 1 aliphatic carbocycles. The number of anilines is 1. The molecule has 0 amide bonds. The highest BCUT2D eigenvalue weighted by molar-refractivity contribution is 7.90. The number of imidazole rings is 1. The van der Waals surface area contributed by atoms with E-state index in [1.54, 1.807) is 13.8 Å². The lowest BCUT2D eigenvalue weighted by Crippen LogP contribution is -2.45. The first-order valence-corrected chi connectivity index (χ1v) is 12.4. The minimum absolute atomic E-state index is 0.00815. The highest BCUT2D eigenvalue weighted by atomic mass is 32.2. The van der Waals surface area contributed by atoms with Crippen molar-refractivity contribution >= 4 is 16.0 Å². The maximum Gasteiger partial charge on any atom is 0.420 e. The van der Waals surface area contributed by atoms with Crippen molar-refractivity contribution < 1.29 is 26.7 Å². The Balaban J connectivity index is 1.55. The van der Waals surface area contributed by atoms with Gasteiger partial charge >= 0.3 is 6.18 Å². The summed E-state index contributed by atoms with van der Waals surface area (Å²) >= 11 is 0. The lowest BCUT2D eigenvalue weighted by atomic mass is 10.0. The van der Waals surface area contributed by atoms with Gasteiger partial charge in [-0.2, -0.15) is 17.5 Å². The largest absolute Gasteiger partial charge is 0.420 e. The van der Waals surface area contributed by atoms with Gasteiger partial charge in [0.1, 0.15) is 17.0 Å². The molecule has 13 heteroatoms. The third-order valence-corrected chi connectivity index (χ3v) is 8.03. The summed E-state index contributed by atoms with van der Waals surface area (Å²) in [5.41, 5.74) is -1.92. The fourth-order valence-electron chi connectivity index (χ4n) is 3.89. The second kappa shape index (κ2) is 8.61. The molecule has 3 heterocycles. The number of aliphatic hydroxyl groups is 1. The zero-order chi connectivity index (χ0) is 24.9. The van der Waals surface area contributed by atoms with Crippen LogP contribution in [-0.2, 0) is 22.7 Å². The number of alkyl halides is 3. The van der Waals surface area contributed by atoms with Crippen molar-refractivity contribution in [1.82, 2.24) is 23.8 Å². The van der Waals surface area contributed by atoms with Crippen LogP contribution in [0.25, 0.3) is 11.4 Å². The summed E-state index contributed by atoms with van der Waals surface area (Å²) in [7, 11) is -3.33. The van der Waals surface area contributed by atoms with Gasteiger partial charge in [0.25, 0.3) is 0 Å². The Morgan fingerprint density at radius 2 is 1.94 bits per heavy atom. The molecule has 0 unspecified atom stereocenters. The highest BCUT2D eigenvalue weighted by Crippen LogP contribution is 2.36. The maximum absolute atomic E-state index is 13.6. The number of aromatic nitrogens is 4. The van der Waals surface area contributed by atoms with E-state index in [4.69, 9.17) is 0 Å². The first-order valence-electron chi connectivity index (χ1n) is 10.9. The van der Waals surface area contributed by atoms with Gasteiger partial charge in [-0.15, -0.1) is 0 Å². The number of piperidine rings is 1. The van der Waals surface area contributed by atoms with Crippen molar-refractivity contribution in [2.24, 2.45) is 0 Å². The van der Waals surface area contributed by atoms with E-state index in [-0.39, 0.29) is 48.3 Å². The van der Waals surface area contributed by atoms with Crippen LogP contribution in [0.5, 0.6) is 0 Å². The van der Waals surface area contributed by atoms with E-state index in [0.717, 1.165) is 0 Å². The van der Waals surface area contributed by atoms with Crippen LogP contribution < -0.4 is 5.32 Å². The molecule has 0 radical (unpaired) electrons. The number of nitrogens with zero attached hydrogens (tertiary/aromatic N) is 5. The van der Waals surface area contributed by atoms with Crippen molar-refractivity contribution in [2.45, 2.75) is 62.7 Å². The van der Waals surface area contributed by atoms with Gasteiger partial charge in [-0.25, -0.2) is 23.4 Å². The molecule has 2 fully saturated rings. The van der Waals surface area contributed by atoms with E-state index in [1.165, 1.54) is 21.4 Å². The summed E-state index contributed by atoms with van der Waals surface area (Å²) in [6.07, 6.45) is 0.460. The van der Waals surface area contributed by atoms with Crippen molar-refractivity contribution in [2.75, 3.05) is 18.4 Å². The normalized spacial score (nSPS) is 20.5. The molecule has 0 bridgehead atoms. The fourth-order valence-corrected chi connectivity index (χ4v) is 5.75. The molecule has 186 valence electrons. The number of sulfonamides is 1. The quantitative estimate of drug-likeness (QED) is 0.562. The summed E-state index contributed by atoms with van der Waals surface area (Å²) < 4.78 is 68.8. The molecule has 4 rings (SSSR count). The molecule has 2 aliphatic rings. The number of hydrogen-bond donors (Lipinski definition) is 2. The molecule has 1 atom stereocenters.